The van der Waals surface area contributed by atoms with E-state index < -0.39 is 0 Å². The highest BCUT2D eigenvalue weighted by molar-refractivity contribution is 5.31. The van der Waals surface area contributed by atoms with Gasteiger partial charge in [-0.3, -0.25) is 4.68 Å². The summed E-state index contributed by atoms with van der Waals surface area (Å²) < 4.78 is 7.50. The molecule has 108 valence electrons. The summed E-state index contributed by atoms with van der Waals surface area (Å²) in [7, 11) is 0. The molecule has 0 saturated carbocycles. The van der Waals surface area contributed by atoms with Crippen molar-refractivity contribution < 1.29 is 4.74 Å². The van der Waals surface area contributed by atoms with E-state index in [2.05, 4.69) is 38.0 Å². The van der Waals surface area contributed by atoms with E-state index in [1.165, 1.54) is 5.56 Å². The van der Waals surface area contributed by atoms with Crippen LogP contribution < -0.4 is 10.5 Å². The lowest BCUT2D eigenvalue weighted by Crippen LogP contribution is -2.15. The maximum absolute atomic E-state index is 5.72. The van der Waals surface area contributed by atoms with Crippen molar-refractivity contribution in [1.82, 2.24) is 9.78 Å². The van der Waals surface area contributed by atoms with Crippen LogP contribution in [0.25, 0.3) is 0 Å². The van der Waals surface area contributed by atoms with Crippen LogP contribution in [0, 0.1) is 0 Å². The minimum atomic E-state index is 0.213. The van der Waals surface area contributed by atoms with Gasteiger partial charge in [0.15, 0.2) is 0 Å². The average Bonchev–Trinajstić information content (AvgIpc) is 2.85. The van der Waals surface area contributed by atoms with Crippen LogP contribution in [-0.4, -0.2) is 16.4 Å². The van der Waals surface area contributed by atoms with Gasteiger partial charge in [0.25, 0.3) is 0 Å². The highest BCUT2D eigenvalue weighted by Gasteiger charge is 2.17. The summed E-state index contributed by atoms with van der Waals surface area (Å²) in [5.41, 5.74) is 7.11. The number of ether oxygens (including phenoxy) is 1. The van der Waals surface area contributed by atoms with Crippen molar-refractivity contribution in [1.29, 1.82) is 0 Å². The molecule has 0 unspecified atom stereocenters. The minimum Gasteiger partial charge on any atom is -0.492 e. The van der Waals surface area contributed by atoms with E-state index in [0.717, 1.165) is 12.2 Å². The number of hydrogen-bond acceptors (Lipinski definition) is 3. The Balaban J connectivity index is 1.88. The van der Waals surface area contributed by atoms with Gasteiger partial charge in [-0.15, -0.1) is 0 Å². The number of nitrogens with two attached hydrogens (primary N) is 1. The molecular weight excluding hydrogens is 250 g/mol. The molecule has 0 aliphatic rings. The van der Waals surface area contributed by atoms with E-state index in [9.17, 15) is 0 Å². The molecule has 0 saturated heterocycles. The molecule has 2 rings (SSSR count). The summed E-state index contributed by atoms with van der Waals surface area (Å²) in [5, 5.41) is 4.11. The minimum absolute atomic E-state index is 0.213. The smallest absolute Gasteiger partial charge is 0.145 e. The fourth-order valence-electron chi connectivity index (χ4n) is 1.97. The third kappa shape index (κ3) is 3.53. The van der Waals surface area contributed by atoms with Crippen LogP contribution in [0.5, 0.6) is 5.75 Å². The average molecular weight is 273 g/mol. The van der Waals surface area contributed by atoms with Gasteiger partial charge >= 0.3 is 0 Å². The third-order valence-corrected chi connectivity index (χ3v) is 3.77. The molecule has 0 amide bonds. The maximum atomic E-state index is 5.72. The van der Waals surface area contributed by atoms with Gasteiger partial charge in [0.1, 0.15) is 18.2 Å². The standard InChI is InChI=1S/C16H23N3O/c1-4-16(2,3)13-5-7-14(8-6-13)20-12-11-19-10-9-15(17)18-19/h5-10H,4,11-12H2,1-3H3,(H2,17,18). The van der Waals surface area contributed by atoms with Crippen molar-refractivity contribution in [3.05, 3.63) is 42.1 Å². The van der Waals surface area contributed by atoms with E-state index in [0.29, 0.717) is 19.0 Å². The summed E-state index contributed by atoms with van der Waals surface area (Å²) in [4.78, 5) is 0. The van der Waals surface area contributed by atoms with Crippen LogP contribution in [0.1, 0.15) is 32.8 Å². The zero-order valence-electron chi connectivity index (χ0n) is 12.5. The van der Waals surface area contributed by atoms with Crippen molar-refractivity contribution in [2.75, 3.05) is 12.3 Å². The first-order chi connectivity index (χ1) is 9.51. The van der Waals surface area contributed by atoms with Gasteiger partial charge < -0.3 is 10.5 Å². The fraction of sp³-hybridized carbons (Fsp3) is 0.438. The Morgan fingerprint density at radius 3 is 2.45 bits per heavy atom. The van der Waals surface area contributed by atoms with Gasteiger partial charge in [-0.05, 0) is 35.6 Å². The SMILES string of the molecule is CCC(C)(C)c1ccc(OCCn2ccc(N)n2)cc1. The number of benzene rings is 1. The first-order valence-corrected chi connectivity index (χ1v) is 7.03. The molecule has 0 aliphatic carbocycles. The van der Waals surface area contributed by atoms with Crippen molar-refractivity contribution >= 4 is 5.82 Å². The van der Waals surface area contributed by atoms with Gasteiger partial charge in [0, 0.05) is 6.20 Å². The highest BCUT2D eigenvalue weighted by Crippen LogP contribution is 2.27. The second-order valence-electron chi connectivity index (χ2n) is 5.61. The summed E-state index contributed by atoms with van der Waals surface area (Å²) in [5.74, 6) is 1.43. The van der Waals surface area contributed by atoms with Crippen molar-refractivity contribution in [3.63, 3.8) is 0 Å². The van der Waals surface area contributed by atoms with E-state index in [1.54, 1.807) is 10.7 Å². The zero-order valence-corrected chi connectivity index (χ0v) is 12.5. The number of aromatic nitrogens is 2. The summed E-state index contributed by atoms with van der Waals surface area (Å²) >= 11 is 0. The molecule has 2 aromatic rings. The van der Waals surface area contributed by atoms with E-state index in [1.807, 2.05) is 18.3 Å². The van der Waals surface area contributed by atoms with E-state index in [-0.39, 0.29) is 5.41 Å². The Hall–Kier alpha value is -1.97. The Morgan fingerprint density at radius 2 is 1.90 bits per heavy atom. The molecule has 2 N–H and O–H groups in total. The molecular formula is C16H23N3O. The van der Waals surface area contributed by atoms with Crippen molar-refractivity contribution in [2.45, 2.75) is 39.2 Å². The van der Waals surface area contributed by atoms with Crippen LogP contribution >= 0.6 is 0 Å². The second kappa shape index (κ2) is 5.99. The largest absolute Gasteiger partial charge is 0.492 e. The molecule has 1 heterocycles. The molecule has 0 aliphatic heterocycles. The first kappa shape index (κ1) is 14.4. The van der Waals surface area contributed by atoms with Crippen LogP contribution in [0.3, 0.4) is 0 Å². The number of nitrogens with zero attached hydrogens (tertiary/aromatic N) is 2. The summed E-state index contributed by atoms with van der Waals surface area (Å²) in [6.45, 7) is 7.99. The normalized spacial score (nSPS) is 11.6. The van der Waals surface area contributed by atoms with Gasteiger partial charge in [-0.25, -0.2) is 0 Å². The summed E-state index contributed by atoms with van der Waals surface area (Å²) in [6, 6.07) is 10.1. The van der Waals surface area contributed by atoms with Crippen molar-refractivity contribution in [2.24, 2.45) is 0 Å². The van der Waals surface area contributed by atoms with Crippen LogP contribution in [-0.2, 0) is 12.0 Å². The van der Waals surface area contributed by atoms with Crippen LogP contribution in [0.4, 0.5) is 5.82 Å². The molecule has 0 fully saturated rings. The highest BCUT2D eigenvalue weighted by atomic mass is 16.5. The molecule has 1 aromatic heterocycles. The lowest BCUT2D eigenvalue weighted by Gasteiger charge is -2.23. The quantitative estimate of drug-likeness (QED) is 0.879. The van der Waals surface area contributed by atoms with E-state index in [4.69, 9.17) is 10.5 Å². The molecule has 0 radical (unpaired) electrons. The van der Waals surface area contributed by atoms with Gasteiger partial charge in [0.2, 0.25) is 0 Å². The second-order valence-corrected chi connectivity index (χ2v) is 5.61. The predicted octanol–water partition coefficient (Wildman–Crippen LogP) is 3.23. The van der Waals surface area contributed by atoms with Crippen LogP contribution in [0.2, 0.25) is 0 Å². The maximum Gasteiger partial charge on any atom is 0.145 e. The Kier molecular flexibility index (Phi) is 4.32. The fourth-order valence-corrected chi connectivity index (χ4v) is 1.97. The van der Waals surface area contributed by atoms with Gasteiger partial charge in [-0.1, -0.05) is 32.9 Å². The summed E-state index contributed by atoms with van der Waals surface area (Å²) in [6.07, 6.45) is 2.97. The van der Waals surface area contributed by atoms with Crippen LogP contribution in [0.15, 0.2) is 36.5 Å². The molecule has 0 atom stereocenters. The van der Waals surface area contributed by atoms with Gasteiger partial charge in [-0.2, -0.15) is 5.10 Å². The lowest BCUT2D eigenvalue weighted by atomic mass is 9.82. The Bertz CT molecular complexity index is 543. The van der Waals surface area contributed by atoms with Crippen molar-refractivity contribution in [3.8, 4) is 5.75 Å². The number of nitrogen functional groups attached to an aromatic ring is 1. The zero-order chi connectivity index (χ0) is 14.6. The Labute approximate surface area is 120 Å². The monoisotopic (exact) mass is 273 g/mol. The van der Waals surface area contributed by atoms with Gasteiger partial charge in [0.05, 0.1) is 6.54 Å². The molecule has 0 spiro atoms. The third-order valence-electron chi connectivity index (χ3n) is 3.77. The number of hydrogen-bond donors (Lipinski definition) is 1. The lowest BCUT2D eigenvalue weighted by molar-refractivity contribution is 0.291. The molecule has 4 heteroatoms. The topological polar surface area (TPSA) is 53.1 Å². The molecule has 0 bridgehead atoms. The number of rotatable bonds is 6. The number of anilines is 1. The first-order valence-electron chi connectivity index (χ1n) is 7.03. The molecule has 1 aromatic carbocycles. The predicted molar refractivity (Wildman–Crippen MR) is 81.9 cm³/mol. The van der Waals surface area contributed by atoms with E-state index >= 15 is 0 Å². The molecule has 4 nitrogen and oxygen atoms in total. The Morgan fingerprint density at radius 1 is 1.20 bits per heavy atom. The molecule has 20 heavy (non-hydrogen) atoms.